The number of hydrogen-bond acceptors (Lipinski definition) is 3. The molecule has 0 heterocycles. The first kappa shape index (κ1) is 20.8. The molecular weight excluding hydrogens is 334 g/mol. The predicted molar refractivity (Wildman–Crippen MR) is 117 cm³/mol. The molecule has 146 valence electrons. The first-order chi connectivity index (χ1) is 13.0. The van der Waals surface area contributed by atoms with Crippen molar-refractivity contribution < 1.29 is 4.79 Å². The fourth-order valence-electron chi connectivity index (χ4n) is 3.37. The van der Waals surface area contributed by atoms with Gasteiger partial charge in [0.2, 0.25) is 5.91 Å². The lowest BCUT2D eigenvalue weighted by atomic mass is 10.1. The number of carbonyl (C=O) groups is 1. The third-order valence-corrected chi connectivity index (χ3v) is 4.92. The Morgan fingerprint density at radius 1 is 0.926 bits per heavy atom. The summed E-state index contributed by atoms with van der Waals surface area (Å²) in [6.07, 6.45) is 0.471. The minimum Gasteiger partial charge on any atom is -0.384 e. The van der Waals surface area contributed by atoms with E-state index in [1.165, 1.54) is 16.8 Å². The lowest BCUT2D eigenvalue weighted by Gasteiger charge is -2.23. The van der Waals surface area contributed by atoms with Gasteiger partial charge in [0, 0.05) is 49.7 Å². The highest BCUT2D eigenvalue weighted by atomic mass is 16.2. The summed E-state index contributed by atoms with van der Waals surface area (Å²) in [5.74, 6) is 0.146. The molecule has 1 N–H and O–H groups in total. The molecule has 0 aliphatic carbocycles. The van der Waals surface area contributed by atoms with Gasteiger partial charge in [0.05, 0.1) is 0 Å². The lowest BCUT2D eigenvalue weighted by Crippen LogP contribution is -2.32. The van der Waals surface area contributed by atoms with Crippen LogP contribution < -0.4 is 15.1 Å². The van der Waals surface area contributed by atoms with Crippen LogP contribution in [0.4, 0.5) is 17.1 Å². The molecule has 0 fully saturated rings. The van der Waals surface area contributed by atoms with Gasteiger partial charge in [-0.15, -0.1) is 0 Å². The van der Waals surface area contributed by atoms with Gasteiger partial charge in [-0.3, -0.25) is 4.79 Å². The second-order valence-electron chi connectivity index (χ2n) is 6.83. The molecule has 0 atom stereocenters. The summed E-state index contributed by atoms with van der Waals surface area (Å²) in [7, 11) is 0. The third-order valence-electron chi connectivity index (χ3n) is 4.92. The average Bonchev–Trinajstić information content (AvgIpc) is 2.65. The molecule has 0 bridgehead atoms. The number of amides is 1. The fourth-order valence-corrected chi connectivity index (χ4v) is 3.37. The van der Waals surface area contributed by atoms with Crippen molar-refractivity contribution in [3.05, 3.63) is 53.6 Å². The first-order valence-electron chi connectivity index (χ1n) is 9.96. The number of hydrogen-bond donors (Lipinski definition) is 1. The van der Waals surface area contributed by atoms with E-state index in [0.717, 1.165) is 24.5 Å². The molecule has 2 aromatic carbocycles. The summed E-state index contributed by atoms with van der Waals surface area (Å²) < 4.78 is 0. The van der Waals surface area contributed by atoms with Crippen molar-refractivity contribution in [3.8, 4) is 0 Å². The number of benzene rings is 2. The molecule has 0 aliphatic heterocycles. The minimum absolute atomic E-state index is 0.146. The Labute approximate surface area is 164 Å². The normalized spacial score (nSPS) is 10.6. The second kappa shape index (κ2) is 10.0. The highest BCUT2D eigenvalue weighted by molar-refractivity contribution is 5.93. The van der Waals surface area contributed by atoms with E-state index in [-0.39, 0.29) is 5.91 Å². The Kier molecular flexibility index (Phi) is 7.71. The summed E-state index contributed by atoms with van der Waals surface area (Å²) in [6, 6.07) is 14.6. The Bertz CT molecular complexity index is 753. The highest BCUT2D eigenvalue weighted by Crippen LogP contribution is 2.23. The summed E-state index contributed by atoms with van der Waals surface area (Å²) in [4.78, 5) is 16.8. The minimum atomic E-state index is 0.146. The van der Waals surface area contributed by atoms with Crippen molar-refractivity contribution in [2.75, 3.05) is 41.3 Å². The van der Waals surface area contributed by atoms with E-state index in [2.05, 4.69) is 55.3 Å². The van der Waals surface area contributed by atoms with Gasteiger partial charge in [0.25, 0.3) is 0 Å². The van der Waals surface area contributed by atoms with E-state index in [4.69, 9.17) is 0 Å². The molecule has 0 radical (unpaired) electrons. The standard InChI is InChI=1S/C23H33N3O/c1-6-25(7-2)20-12-13-22(19(5)17-20)24-15-14-23(27)26(8-3)21-11-9-10-18(4)16-21/h9-13,16-17,24H,6-8,14-15H2,1-5H3. The Balaban J connectivity index is 1.96. The van der Waals surface area contributed by atoms with Crippen molar-refractivity contribution in [2.24, 2.45) is 0 Å². The van der Waals surface area contributed by atoms with Gasteiger partial charge in [-0.2, -0.15) is 0 Å². The Morgan fingerprint density at radius 2 is 1.67 bits per heavy atom. The zero-order valence-corrected chi connectivity index (χ0v) is 17.4. The number of rotatable bonds is 9. The van der Waals surface area contributed by atoms with Gasteiger partial charge in [-0.1, -0.05) is 12.1 Å². The Hall–Kier alpha value is -2.49. The molecule has 0 saturated heterocycles. The number of aryl methyl sites for hydroxylation is 2. The van der Waals surface area contributed by atoms with E-state index in [9.17, 15) is 4.79 Å². The van der Waals surface area contributed by atoms with Crippen LogP contribution in [-0.2, 0) is 4.79 Å². The quantitative estimate of drug-likeness (QED) is 0.677. The second-order valence-corrected chi connectivity index (χ2v) is 6.83. The van der Waals surface area contributed by atoms with E-state index in [1.54, 1.807) is 0 Å². The van der Waals surface area contributed by atoms with E-state index in [1.807, 2.05) is 36.9 Å². The molecule has 27 heavy (non-hydrogen) atoms. The topological polar surface area (TPSA) is 35.6 Å². The third kappa shape index (κ3) is 5.49. The van der Waals surface area contributed by atoms with Crippen molar-refractivity contribution >= 4 is 23.0 Å². The van der Waals surface area contributed by atoms with Crippen LogP contribution in [0, 0.1) is 13.8 Å². The number of nitrogens with one attached hydrogen (secondary N) is 1. The molecule has 0 aliphatic rings. The summed E-state index contributed by atoms with van der Waals surface area (Å²) in [5, 5.41) is 3.42. The van der Waals surface area contributed by atoms with E-state index in [0.29, 0.717) is 19.5 Å². The number of carbonyl (C=O) groups excluding carboxylic acids is 1. The van der Waals surface area contributed by atoms with Crippen molar-refractivity contribution in [3.63, 3.8) is 0 Å². The molecule has 2 aromatic rings. The summed E-state index contributed by atoms with van der Waals surface area (Å²) >= 11 is 0. The van der Waals surface area contributed by atoms with Gasteiger partial charge in [0.15, 0.2) is 0 Å². The van der Waals surface area contributed by atoms with Crippen molar-refractivity contribution in [1.82, 2.24) is 0 Å². The van der Waals surface area contributed by atoms with Crippen LogP contribution in [0.15, 0.2) is 42.5 Å². The summed E-state index contributed by atoms with van der Waals surface area (Å²) in [6.45, 7) is 13.8. The molecule has 2 rings (SSSR count). The van der Waals surface area contributed by atoms with Gasteiger partial charge in [-0.25, -0.2) is 0 Å². The van der Waals surface area contributed by atoms with Crippen LogP contribution in [0.1, 0.15) is 38.3 Å². The van der Waals surface area contributed by atoms with Crippen LogP contribution in [0.5, 0.6) is 0 Å². The molecule has 0 unspecified atom stereocenters. The van der Waals surface area contributed by atoms with Crippen LogP contribution in [0.3, 0.4) is 0 Å². The van der Waals surface area contributed by atoms with Crippen molar-refractivity contribution in [1.29, 1.82) is 0 Å². The Morgan fingerprint density at radius 3 is 2.26 bits per heavy atom. The van der Waals surface area contributed by atoms with Crippen LogP contribution in [0.2, 0.25) is 0 Å². The van der Waals surface area contributed by atoms with Gasteiger partial charge >= 0.3 is 0 Å². The number of nitrogens with zero attached hydrogens (tertiary/aromatic N) is 2. The fraction of sp³-hybridized carbons (Fsp3) is 0.435. The van der Waals surface area contributed by atoms with Crippen LogP contribution >= 0.6 is 0 Å². The maximum absolute atomic E-state index is 12.7. The lowest BCUT2D eigenvalue weighted by molar-refractivity contribution is -0.118. The molecule has 1 amide bonds. The van der Waals surface area contributed by atoms with Crippen molar-refractivity contribution in [2.45, 2.75) is 41.0 Å². The van der Waals surface area contributed by atoms with E-state index >= 15 is 0 Å². The van der Waals surface area contributed by atoms with Gasteiger partial charge in [-0.05, 0) is 76.1 Å². The zero-order valence-electron chi connectivity index (χ0n) is 17.4. The largest absolute Gasteiger partial charge is 0.384 e. The molecular formula is C23H33N3O. The highest BCUT2D eigenvalue weighted by Gasteiger charge is 2.14. The maximum atomic E-state index is 12.7. The first-order valence-corrected chi connectivity index (χ1v) is 9.96. The van der Waals surface area contributed by atoms with E-state index < -0.39 is 0 Å². The van der Waals surface area contributed by atoms with Gasteiger partial charge < -0.3 is 15.1 Å². The zero-order chi connectivity index (χ0) is 19.8. The van der Waals surface area contributed by atoms with Gasteiger partial charge in [0.1, 0.15) is 0 Å². The maximum Gasteiger partial charge on any atom is 0.228 e. The SMILES string of the molecule is CCN(CC)c1ccc(NCCC(=O)N(CC)c2cccc(C)c2)c(C)c1. The molecule has 4 nitrogen and oxygen atoms in total. The molecule has 4 heteroatoms. The number of anilines is 3. The molecule has 0 aromatic heterocycles. The molecule has 0 saturated carbocycles. The smallest absolute Gasteiger partial charge is 0.228 e. The van der Waals surface area contributed by atoms with Crippen LogP contribution in [0.25, 0.3) is 0 Å². The predicted octanol–water partition coefficient (Wildman–Crippen LogP) is 5.00. The molecule has 0 spiro atoms. The summed E-state index contributed by atoms with van der Waals surface area (Å²) in [5.41, 5.74) is 5.69. The average molecular weight is 368 g/mol. The van der Waals surface area contributed by atoms with Crippen LogP contribution in [-0.4, -0.2) is 32.1 Å². The monoisotopic (exact) mass is 367 g/mol.